The summed E-state index contributed by atoms with van der Waals surface area (Å²) in [6.45, 7) is 12.1. The smallest absolute Gasteiger partial charge is 0.0914 e. The topological polar surface area (TPSA) is 52.5 Å². The average molecular weight is 279 g/mol. The van der Waals surface area contributed by atoms with E-state index < -0.39 is 17.2 Å². The molecule has 0 radical (unpaired) electrons. The van der Waals surface area contributed by atoms with E-state index in [9.17, 15) is 10.2 Å². The van der Waals surface area contributed by atoms with Crippen LogP contribution < -0.4 is 5.32 Å². The van der Waals surface area contributed by atoms with Crippen molar-refractivity contribution in [1.29, 1.82) is 0 Å². The zero-order valence-electron chi connectivity index (χ0n) is 13.6. The van der Waals surface area contributed by atoms with Gasteiger partial charge in [-0.1, -0.05) is 38.1 Å². The van der Waals surface area contributed by atoms with Gasteiger partial charge < -0.3 is 15.5 Å². The SMILES string of the molecule is CC(C)c1ccc(C(O)CNC(C)(C)C(C)(C)O)cc1. The van der Waals surface area contributed by atoms with Crippen molar-refractivity contribution >= 4 is 0 Å². The minimum absolute atomic E-state index is 0.415. The van der Waals surface area contributed by atoms with Gasteiger partial charge in [0.05, 0.1) is 11.7 Å². The summed E-state index contributed by atoms with van der Waals surface area (Å²) in [5, 5.41) is 23.6. The molecule has 0 aliphatic carbocycles. The molecule has 0 spiro atoms. The molecule has 1 atom stereocenters. The van der Waals surface area contributed by atoms with Gasteiger partial charge in [-0.2, -0.15) is 0 Å². The fourth-order valence-electron chi connectivity index (χ4n) is 1.79. The quantitative estimate of drug-likeness (QED) is 0.750. The number of hydrogen-bond donors (Lipinski definition) is 3. The summed E-state index contributed by atoms with van der Waals surface area (Å²) in [5.74, 6) is 0.494. The van der Waals surface area contributed by atoms with Crippen molar-refractivity contribution in [2.24, 2.45) is 0 Å². The second kappa shape index (κ2) is 6.25. The third-order valence-electron chi connectivity index (χ3n) is 4.25. The predicted octanol–water partition coefficient (Wildman–Crippen LogP) is 2.98. The van der Waals surface area contributed by atoms with Crippen LogP contribution in [-0.2, 0) is 0 Å². The Kier molecular flexibility index (Phi) is 5.36. The molecule has 1 unspecified atom stereocenters. The molecule has 20 heavy (non-hydrogen) atoms. The highest BCUT2D eigenvalue weighted by atomic mass is 16.3. The number of benzene rings is 1. The van der Waals surface area contributed by atoms with Crippen LogP contribution >= 0.6 is 0 Å². The number of rotatable bonds is 6. The van der Waals surface area contributed by atoms with Crippen molar-refractivity contribution in [2.75, 3.05) is 6.54 Å². The molecule has 0 saturated heterocycles. The van der Waals surface area contributed by atoms with Crippen molar-refractivity contribution in [3.8, 4) is 0 Å². The Morgan fingerprint density at radius 2 is 1.45 bits per heavy atom. The van der Waals surface area contributed by atoms with Crippen LogP contribution in [0.15, 0.2) is 24.3 Å². The molecule has 0 aromatic heterocycles. The van der Waals surface area contributed by atoms with E-state index in [1.54, 1.807) is 13.8 Å². The van der Waals surface area contributed by atoms with Crippen LogP contribution in [0.1, 0.15) is 64.7 Å². The van der Waals surface area contributed by atoms with Crippen LogP contribution in [0.5, 0.6) is 0 Å². The molecule has 0 aliphatic heterocycles. The summed E-state index contributed by atoms with van der Waals surface area (Å²) in [5.41, 5.74) is 0.847. The molecule has 3 nitrogen and oxygen atoms in total. The maximum absolute atomic E-state index is 10.2. The number of aliphatic hydroxyl groups is 2. The lowest BCUT2D eigenvalue weighted by Gasteiger charge is -2.38. The molecule has 1 aromatic carbocycles. The van der Waals surface area contributed by atoms with E-state index in [0.717, 1.165) is 5.56 Å². The van der Waals surface area contributed by atoms with E-state index in [0.29, 0.717) is 12.5 Å². The van der Waals surface area contributed by atoms with Gasteiger partial charge in [0, 0.05) is 12.1 Å². The highest BCUT2D eigenvalue weighted by molar-refractivity contribution is 5.26. The summed E-state index contributed by atoms with van der Waals surface area (Å²) >= 11 is 0. The monoisotopic (exact) mass is 279 g/mol. The summed E-state index contributed by atoms with van der Waals surface area (Å²) in [4.78, 5) is 0. The molecule has 0 amide bonds. The van der Waals surface area contributed by atoms with Gasteiger partial charge in [0.15, 0.2) is 0 Å². The molecular weight excluding hydrogens is 250 g/mol. The Balaban J connectivity index is 2.65. The van der Waals surface area contributed by atoms with Crippen LogP contribution in [-0.4, -0.2) is 27.9 Å². The molecule has 1 rings (SSSR count). The number of β-amino-alcohol motifs (C(OH)–C–C–N with tert-alkyl or cyclic N) is 1. The van der Waals surface area contributed by atoms with Crippen molar-refractivity contribution in [1.82, 2.24) is 5.32 Å². The van der Waals surface area contributed by atoms with E-state index >= 15 is 0 Å². The lowest BCUT2D eigenvalue weighted by atomic mass is 9.86. The molecule has 1 aromatic rings. The zero-order chi connectivity index (χ0) is 15.6. The van der Waals surface area contributed by atoms with Gasteiger partial charge >= 0.3 is 0 Å². The molecule has 0 aliphatic rings. The molecule has 0 bridgehead atoms. The molecule has 3 N–H and O–H groups in total. The van der Waals surface area contributed by atoms with Crippen LogP contribution in [0.3, 0.4) is 0 Å². The van der Waals surface area contributed by atoms with E-state index in [1.807, 2.05) is 26.0 Å². The maximum Gasteiger partial charge on any atom is 0.0914 e. The summed E-state index contributed by atoms with van der Waals surface area (Å²) in [7, 11) is 0. The lowest BCUT2D eigenvalue weighted by Crippen LogP contribution is -2.56. The highest BCUT2D eigenvalue weighted by Gasteiger charge is 2.34. The van der Waals surface area contributed by atoms with Crippen LogP contribution in [0, 0.1) is 0 Å². The second-order valence-electron chi connectivity index (χ2n) is 6.90. The Bertz CT molecular complexity index is 416. The number of aliphatic hydroxyl groups excluding tert-OH is 1. The third-order valence-corrected chi connectivity index (χ3v) is 4.25. The minimum Gasteiger partial charge on any atom is -0.389 e. The molecule has 0 fully saturated rings. The zero-order valence-corrected chi connectivity index (χ0v) is 13.6. The van der Waals surface area contributed by atoms with Crippen molar-refractivity contribution in [3.05, 3.63) is 35.4 Å². The summed E-state index contributed by atoms with van der Waals surface area (Å²) < 4.78 is 0. The van der Waals surface area contributed by atoms with Crippen LogP contribution in [0.2, 0.25) is 0 Å². The second-order valence-corrected chi connectivity index (χ2v) is 6.90. The highest BCUT2D eigenvalue weighted by Crippen LogP contribution is 2.22. The van der Waals surface area contributed by atoms with Crippen molar-refractivity contribution in [3.63, 3.8) is 0 Å². The van der Waals surface area contributed by atoms with E-state index in [4.69, 9.17) is 0 Å². The fraction of sp³-hybridized carbons (Fsp3) is 0.647. The average Bonchev–Trinajstić information content (AvgIpc) is 2.34. The normalized spacial score (nSPS) is 14.7. The maximum atomic E-state index is 10.2. The third kappa shape index (κ3) is 4.30. The molecule has 3 heteroatoms. The van der Waals surface area contributed by atoms with Gasteiger partial charge in [0.1, 0.15) is 0 Å². The van der Waals surface area contributed by atoms with Gasteiger partial charge in [0.25, 0.3) is 0 Å². The molecule has 114 valence electrons. The van der Waals surface area contributed by atoms with Gasteiger partial charge in [-0.15, -0.1) is 0 Å². The summed E-state index contributed by atoms with van der Waals surface area (Å²) in [6.07, 6.45) is -0.571. The number of nitrogens with one attached hydrogen (secondary N) is 1. The molecule has 0 heterocycles. The van der Waals surface area contributed by atoms with Gasteiger partial charge in [0.2, 0.25) is 0 Å². The predicted molar refractivity (Wildman–Crippen MR) is 83.9 cm³/mol. The minimum atomic E-state index is -0.853. The Hall–Kier alpha value is -0.900. The van der Waals surface area contributed by atoms with Crippen LogP contribution in [0.4, 0.5) is 0 Å². The van der Waals surface area contributed by atoms with Gasteiger partial charge in [-0.3, -0.25) is 0 Å². The first-order valence-electron chi connectivity index (χ1n) is 7.30. The van der Waals surface area contributed by atoms with Crippen LogP contribution in [0.25, 0.3) is 0 Å². The van der Waals surface area contributed by atoms with Gasteiger partial charge in [-0.05, 0) is 44.7 Å². The summed E-state index contributed by atoms with van der Waals surface area (Å²) in [6, 6.07) is 8.06. The van der Waals surface area contributed by atoms with E-state index in [1.165, 1.54) is 5.56 Å². The first-order chi connectivity index (χ1) is 9.04. The van der Waals surface area contributed by atoms with E-state index in [-0.39, 0.29) is 0 Å². The first kappa shape index (κ1) is 17.2. The Morgan fingerprint density at radius 3 is 1.85 bits per heavy atom. The largest absolute Gasteiger partial charge is 0.389 e. The molecular formula is C17H29NO2. The fourth-order valence-corrected chi connectivity index (χ4v) is 1.79. The molecule has 0 saturated carbocycles. The Morgan fingerprint density at radius 1 is 1.00 bits per heavy atom. The lowest BCUT2D eigenvalue weighted by molar-refractivity contribution is -0.00978. The van der Waals surface area contributed by atoms with E-state index in [2.05, 4.69) is 31.3 Å². The standard InChI is InChI=1S/C17H29NO2/c1-12(2)13-7-9-14(10-8-13)15(19)11-18-16(3,4)17(5,6)20/h7-10,12,15,18-20H,11H2,1-6H3. The first-order valence-corrected chi connectivity index (χ1v) is 7.30. The van der Waals surface area contributed by atoms with Gasteiger partial charge in [-0.25, -0.2) is 0 Å². The Labute approximate surface area is 123 Å². The van der Waals surface area contributed by atoms with Crippen molar-refractivity contribution < 1.29 is 10.2 Å². The number of hydrogen-bond acceptors (Lipinski definition) is 3. The van der Waals surface area contributed by atoms with Crippen molar-refractivity contribution in [2.45, 2.75) is 64.7 Å².